The van der Waals surface area contributed by atoms with Crippen LogP contribution in [0.25, 0.3) is 10.8 Å². The fraction of sp³-hybridized carbons (Fsp3) is 0.414. The van der Waals surface area contributed by atoms with Crippen molar-refractivity contribution in [1.82, 2.24) is 4.90 Å². The van der Waals surface area contributed by atoms with Crippen LogP contribution in [0.1, 0.15) is 54.9 Å². The highest BCUT2D eigenvalue weighted by Gasteiger charge is 2.37. The summed E-state index contributed by atoms with van der Waals surface area (Å²) in [6, 6.07) is 22.7. The third-order valence-corrected chi connectivity index (χ3v) is 6.81. The molecule has 0 amide bonds. The highest BCUT2D eigenvalue weighted by molar-refractivity contribution is 6.02. The van der Waals surface area contributed by atoms with E-state index in [1.807, 2.05) is 44.2 Å². The molecule has 4 heteroatoms. The van der Waals surface area contributed by atoms with Gasteiger partial charge < -0.3 is 15.1 Å². The maximum Gasteiger partial charge on any atom is 0.167 e. The number of nitrogens with zero attached hydrogens (tertiary/aromatic N) is 1. The third kappa shape index (κ3) is 5.82. The van der Waals surface area contributed by atoms with Crippen molar-refractivity contribution >= 4 is 16.6 Å². The maximum atomic E-state index is 13.7. The Balaban J connectivity index is 0.000000994. The van der Waals surface area contributed by atoms with Crippen molar-refractivity contribution in [3.63, 3.8) is 0 Å². The van der Waals surface area contributed by atoms with E-state index in [9.17, 15) is 4.79 Å². The van der Waals surface area contributed by atoms with Crippen LogP contribution in [0.4, 0.5) is 0 Å². The number of carbonyl (C=O) groups excluding carboxylic acids is 1. The van der Waals surface area contributed by atoms with Gasteiger partial charge in [-0.1, -0.05) is 62.4 Å². The normalized spacial score (nSPS) is 20.3. The van der Waals surface area contributed by atoms with E-state index >= 15 is 0 Å². The van der Waals surface area contributed by atoms with E-state index in [1.165, 1.54) is 18.4 Å². The van der Waals surface area contributed by atoms with Crippen LogP contribution in [-0.2, 0) is 0 Å². The molecule has 0 bridgehead atoms. The molecule has 33 heavy (non-hydrogen) atoms. The van der Waals surface area contributed by atoms with Crippen molar-refractivity contribution in [3.8, 4) is 5.75 Å². The molecule has 5 rings (SSSR count). The van der Waals surface area contributed by atoms with Gasteiger partial charge in [0.2, 0.25) is 0 Å². The molecule has 2 unspecified atom stereocenters. The highest BCUT2D eigenvalue weighted by atomic mass is 16.5. The Bertz CT molecular complexity index is 1050. The Kier molecular flexibility index (Phi) is 8.65. The molecule has 2 atom stereocenters. The van der Waals surface area contributed by atoms with Gasteiger partial charge in [0.1, 0.15) is 5.75 Å². The lowest BCUT2D eigenvalue weighted by Gasteiger charge is -2.38. The van der Waals surface area contributed by atoms with Crippen LogP contribution >= 0.6 is 0 Å². The van der Waals surface area contributed by atoms with Crippen molar-refractivity contribution in [2.24, 2.45) is 11.8 Å². The van der Waals surface area contributed by atoms with Crippen molar-refractivity contribution in [1.29, 1.82) is 0 Å². The Morgan fingerprint density at radius 1 is 0.939 bits per heavy atom. The molecule has 1 aliphatic heterocycles. The summed E-state index contributed by atoms with van der Waals surface area (Å²) in [5, 5.41) is 2.19. The molecule has 0 spiro atoms. The second kappa shape index (κ2) is 11.4. The van der Waals surface area contributed by atoms with Crippen LogP contribution in [0, 0.1) is 11.8 Å². The average Bonchev–Trinajstić information content (AvgIpc) is 3.68. The summed E-state index contributed by atoms with van der Waals surface area (Å²) < 4.78 is 5.33. The Morgan fingerprint density at radius 3 is 2.33 bits per heavy atom. The zero-order valence-corrected chi connectivity index (χ0v) is 20.1. The number of ketones is 1. The first-order chi connectivity index (χ1) is 15.7. The summed E-state index contributed by atoms with van der Waals surface area (Å²) >= 11 is 0. The van der Waals surface area contributed by atoms with Crippen LogP contribution < -0.4 is 4.74 Å². The fourth-order valence-corrected chi connectivity index (χ4v) is 4.93. The molecule has 1 aliphatic carbocycles. The van der Waals surface area contributed by atoms with Gasteiger partial charge in [-0.3, -0.25) is 4.79 Å². The number of benzene rings is 3. The zero-order chi connectivity index (χ0) is 22.5. The van der Waals surface area contributed by atoms with Crippen LogP contribution in [0.2, 0.25) is 0 Å². The molecule has 1 heterocycles. The van der Waals surface area contributed by atoms with Gasteiger partial charge in [-0.15, -0.1) is 0 Å². The first-order valence-electron chi connectivity index (χ1n) is 12.1. The topological polar surface area (TPSA) is 61.0 Å². The van der Waals surface area contributed by atoms with Gasteiger partial charge in [0, 0.05) is 24.6 Å². The minimum absolute atomic E-state index is 0. The van der Waals surface area contributed by atoms with Crippen molar-refractivity contribution in [3.05, 3.63) is 77.9 Å². The molecule has 2 N–H and O–H groups in total. The molecule has 2 fully saturated rings. The van der Waals surface area contributed by atoms with E-state index in [0.29, 0.717) is 5.92 Å². The Morgan fingerprint density at radius 2 is 1.64 bits per heavy atom. The second-order valence-electron chi connectivity index (χ2n) is 8.91. The van der Waals surface area contributed by atoms with Gasteiger partial charge in [0.15, 0.2) is 5.78 Å². The summed E-state index contributed by atoms with van der Waals surface area (Å²) in [5.41, 5.74) is 2.12. The third-order valence-electron chi connectivity index (χ3n) is 6.81. The molecule has 2 aliphatic rings. The molecular weight excluding hydrogens is 410 g/mol. The monoisotopic (exact) mass is 447 g/mol. The minimum atomic E-state index is 0. The van der Waals surface area contributed by atoms with Crippen molar-refractivity contribution in [2.75, 3.05) is 26.7 Å². The summed E-state index contributed by atoms with van der Waals surface area (Å²) in [6.45, 7) is 7.12. The first kappa shape index (κ1) is 24.9. The number of ether oxygens (including phenoxy) is 1. The summed E-state index contributed by atoms with van der Waals surface area (Å²) in [5.74, 6) is 2.27. The molecule has 1 saturated carbocycles. The van der Waals surface area contributed by atoms with Gasteiger partial charge in [0.25, 0.3) is 0 Å². The van der Waals surface area contributed by atoms with Crippen LogP contribution in [-0.4, -0.2) is 42.9 Å². The molecular formula is C29H37NO3. The first-order valence-corrected chi connectivity index (χ1v) is 12.1. The number of methoxy groups -OCH3 is 1. The highest BCUT2D eigenvalue weighted by Crippen LogP contribution is 2.38. The lowest BCUT2D eigenvalue weighted by Crippen LogP contribution is -2.43. The molecule has 4 nitrogen and oxygen atoms in total. The number of hydrogen-bond donors (Lipinski definition) is 0. The maximum absolute atomic E-state index is 13.7. The van der Waals surface area contributed by atoms with E-state index in [2.05, 4.69) is 41.3 Å². The summed E-state index contributed by atoms with van der Waals surface area (Å²) in [4.78, 5) is 16.3. The van der Waals surface area contributed by atoms with E-state index in [-0.39, 0.29) is 17.2 Å². The van der Waals surface area contributed by atoms with Crippen LogP contribution in [0.5, 0.6) is 5.75 Å². The standard InChI is InChI=1S/C27H29NO2.C2H6.H2O/c1-30-24-12-11-21-15-23(10-9-22(21)16-24)27(29)26-18-28(17-19-7-8-19)14-13-25(26)20-5-3-2-4-6-20;1-2;/h2-6,9-12,15-16,19,25-26H,7-8,13-14,17-18H2,1H3;1-2H3;1H2. The number of piperidine rings is 1. The number of Topliss-reactive ketones (excluding diaryl/α,β-unsaturated/α-hetero) is 1. The Hall–Kier alpha value is -2.69. The van der Waals surface area contributed by atoms with Crippen molar-refractivity contribution in [2.45, 2.75) is 39.0 Å². The zero-order valence-electron chi connectivity index (χ0n) is 20.1. The van der Waals surface area contributed by atoms with E-state index in [1.54, 1.807) is 7.11 Å². The van der Waals surface area contributed by atoms with E-state index in [4.69, 9.17) is 4.74 Å². The lowest BCUT2D eigenvalue weighted by molar-refractivity contribution is 0.0773. The minimum Gasteiger partial charge on any atom is -0.497 e. The number of likely N-dealkylation sites (tertiary alicyclic amines) is 1. The quantitative estimate of drug-likeness (QED) is 0.452. The molecule has 3 aromatic carbocycles. The second-order valence-corrected chi connectivity index (χ2v) is 8.91. The lowest BCUT2D eigenvalue weighted by atomic mass is 9.76. The smallest absolute Gasteiger partial charge is 0.167 e. The largest absolute Gasteiger partial charge is 0.497 e. The summed E-state index contributed by atoms with van der Waals surface area (Å²) in [6.07, 6.45) is 3.76. The van der Waals surface area contributed by atoms with Gasteiger partial charge >= 0.3 is 0 Å². The predicted octanol–water partition coefficient (Wildman–Crippen LogP) is 5.75. The van der Waals surface area contributed by atoms with Gasteiger partial charge in [-0.05, 0) is 72.2 Å². The van der Waals surface area contributed by atoms with Gasteiger partial charge in [-0.2, -0.15) is 0 Å². The molecule has 176 valence electrons. The van der Waals surface area contributed by atoms with Gasteiger partial charge in [-0.25, -0.2) is 0 Å². The molecule has 0 radical (unpaired) electrons. The number of hydrogen-bond acceptors (Lipinski definition) is 3. The summed E-state index contributed by atoms with van der Waals surface area (Å²) in [7, 11) is 1.68. The van der Waals surface area contributed by atoms with Crippen molar-refractivity contribution < 1.29 is 15.0 Å². The fourth-order valence-electron chi connectivity index (χ4n) is 4.93. The van der Waals surface area contributed by atoms with Crippen LogP contribution in [0.15, 0.2) is 66.7 Å². The molecule has 0 aromatic heterocycles. The number of fused-ring (bicyclic) bond motifs is 1. The number of rotatable bonds is 6. The van der Waals surface area contributed by atoms with E-state index in [0.717, 1.165) is 54.1 Å². The number of carbonyl (C=O) groups is 1. The predicted molar refractivity (Wildman–Crippen MR) is 136 cm³/mol. The van der Waals surface area contributed by atoms with Gasteiger partial charge in [0.05, 0.1) is 7.11 Å². The molecule has 1 saturated heterocycles. The van der Waals surface area contributed by atoms with Crippen LogP contribution in [0.3, 0.4) is 0 Å². The Labute approximate surface area is 197 Å². The average molecular weight is 448 g/mol. The SMILES string of the molecule is CC.COc1ccc2cc(C(=O)C3CN(CC4CC4)CCC3c3ccccc3)ccc2c1.O. The van der Waals surface area contributed by atoms with E-state index < -0.39 is 0 Å². The molecule has 3 aromatic rings.